The predicted octanol–water partition coefficient (Wildman–Crippen LogP) is 7.77. The van der Waals surface area contributed by atoms with Gasteiger partial charge in [-0.25, -0.2) is 9.37 Å². The van der Waals surface area contributed by atoms with Gasteiger partial charge in [0, 0.05) is 58.0 Å². The summed E-state index contributed by atoms with van der Waals surface area (Å²) in [6, 6.07) is 23.5. The summed E-state index contributed by atoms with van der Waals surface area (Å²) in [4.78, 5) is 31.4. The molecule has 5 rings (SSSR count). The topological polar surface area (TPSA) is 106 Å². The monoisotopic (exact) mass is 664 g/mol. The molecule has 0 radical (unpaired) electrons. The first kappa shape index (κ1) is 33.8. The summed E-state index contributed by atoms with van der Waals surface area (Å²) in [7, 11) is 0. The lowest BCUT2D eigenvalue weighted by atomic mass is 9.95. The second-order valence-electron chi connectivity index (χ2n) is 9.94. The first-order valence-corrected chi connectivity index (χ1v) is 15.2. The highest BCUT2D eigenvalue weighted by Gasteiger charge is 2.23. The van der Waals surface area contributed by atoms with Gasteiger partial charge in [0.15, 0.2) is 0 Å². The van der Waals surface area contributed by atoms with Gasteiger partial charge in [-0.1, -0.05) is 54.9 Å². The van der Waals surface area contributed by atoms with Crippen molar-refractivity contribution < 1.29 is 18.7 Å². The zero-order valence-corrected chi connectivity index (χ0v) is 26.6. The number of thiazole rings is 1. The van der Waals surface area contributed by atoms with Crippen molar-refractivity contribution in [3.8, 4) is 33.2 Å². The number of imide groups is 1. The van der Waals surface area contributed by atoms with Crippen molar-refractivity contribution in [2.45, 2.75) is 32.5 Å². The van der Waals surface area contributed by atoms with E-state index in [4.69, 9.17) is 22.1 Å². The standard InChI is InChI=1S/C34H30ClFN4O3S.ClH/c1-2-30(39-20-23-7-3-4-9-29(23)36)33(42)40-32(41)27-12-10-22(34-38-14-15-44-34)17-28(27)26-13-11-24(35)18-31(26)43-25-8-5-6-21(16-25)19-37;/h3-18,30,39H,2,19-20,37H2,1H3,(H,40,41,42);1H. The second-order valence-corrected chi connectivity index (χ2v) is 11.3. The van der Waals surface area contributed by atoms with Gasteiger partial charge in [-0.15, -0.1) is 23.7 Å². The third kappa shape index (κ3) is 8.33. The summed E-state index contributed by atoms with van der Waals surface area (Å²) in [5.74, 6) is -0.503. The van der Waals surface area contributed by atoms with Gasteiger partial charge >= 0.3 is 0 Å². The molecule has 11 heteroatoms. The number of benzene rings is 4. The maximum absolute atomic E-state index is 14.1. The predicted molar refractivity (Wildman–Crippen MR) is 179 cm³/mol. The van der Waals surface area contributed by atoms with Crippen molar-refractivity contribution in [3.05, 3.63) is 124 Å². The molecule has 2 amide bonds. The number of carbonyl (C=O) groups is 2. The van der Waals surface area contributed by atoms with E-state index >= 15 is 0 Å². The third-order valence-corrected chi connectivity index (χ3v) is 8.05. The lowest BCUT2D eigenvalue weighted by Crippen LogP contribution is -2.45. The van der Waals surface area contributed by atoms with Gasteiger partial charge in [0.2, 0.25) is 5.91 Å². The van der Waals surface area contributed by atoms with E-state index in [0.717, 1.165) is 16.1 Å². The molecule has 0 saturated heterocycles. The maximum Gasteiger partial charge on any atom is 0.258 e. The van der Waals surface area contributed by atoms with Crippen LogP contribution in [0.3, 0.4) is 0 Å². The Kier molecular flexibility index (Phi) is 11.8. The van der Waals surface area contributed by atoms with Crippen LogP contribution >= 0.6 is 35.3 Å². The Morgan fingerprint density at radius 2 is 1.84 bits per heavy atom. The molecule has 0 fully saturated rings. The highest BCUT2D eigenvalue weighted by molar-refractivity contribution is 7.13. The van der Waals surface area contributed by atoms with E-state index in [2.05, 4.69) is 15.6 Å². The molecule has 4 N–H and O–H groups in total. The fraction of sp³-hybridized carbons (Fsp3) is 0.147. The Balaban J connectivity index is 0.00000461. The van der Waals surface area contributed by atoms with Crippen molar-refractivity contribution in [1.29, 1.82) is 0 Å². The number of aromatic nitrogens is 1. The number of nitrogens with zero attached hydrogens (tertiary/aromatic N) is 1. The highest BCUT2D eigenvalue weighted by atomic mass is 35.5. The van der Waals surface area contributed by atoms with Crippen molar-refractivity contribution in [1.82, 2.24) is 15.6 Å². The molecule has 5 aromatic rings. The number of rotatable bonds is 11. The van der Waals surface area contributed by atoms with E-state index < -0.39 is 17.9 Å². The van der Waals surface area contributed by atoms with Gasteiger partial charge in [-0.05, 0) is 60.0 Å². The van der Waals surface area contributed by atoms with Gasteiger partial charge in [0.05, 0.1) is 6.04 Å². The van der Waals surface area contributed by atoms with E-state index in [9.17, 15) is 14.0 Å². The second kappa shape index (κ2) is 15.7. The zero-order valence-electron chi connectivity index (χ0n) is 24.3. The minimum absolute atomic E-state index is 0. The van der Waals surface area contributed by atoms with Crippen LogP contribution in [0.1, 0.15) is 34.8 Å². The van der Waals surface area contributed by atoms with Gasteiger partial charge < -0.3 is 15.8 Å². The first-order valence-electron chi connectivity index (χ1n) is 14.0. The number of halogens is 3. The number of amides is 2. The van der Waals surface area contributed by atoms with Crippen LogP contribution in [-0.2, 0) is 17.9 Å². The molecule has 232 valence electrons. The normalized spacial score (nSPS) is 11.4. The summed E-state index contributed by atoms with van der Waals surface area (Å²) in [6.45, 7) is 2.30. The summed E-state index contributed by atoms with van der Waals surface area (Å²) in [6.07, 6.45) is 2.10. The number of nitrogens with one attached hydrogen (secondary N) is 2. The van der Waals surface area contributed by atoms with Crippen LogP contribution in [-0.4, -0.2) is 22.8 Å². The Hall–Kier alpha value is -4.12. The molecule has 4 aromatic carbocycles. The molecule has 1 aromatic heterocycles. The number of hydrogen-bond acceptors (Lipinski definition) is 7. The smallest absolute Gasteiger partial charge is 0.258 e. The van der Waals surface area contributed by atoms with Crippen LogP contribution in [0.2, 0.25) is 5.02 Å². The van der Waals surface area contributed by atoms with E-state index in [-0.39, 0.29) is 30.3 Å². The molecule has 0 bridgehead atoms. The molecule has 7 nitrogen and oxygen atoms in total. The summed E-state index contributed by atoms with van der Waals surface area (Å²) >= 11 is 7.85. The van der Waals surface area contributed by atoms with Crippen LogP contribution in [0.25, 0.3) is 21.7 Å². The number of carbonyl (C=O) groups excluding carboxylic acids is 2. The van der Waals surface area contributed by atoms with Gasteiger partial charge in [0.1, 0.15) is 22.3 Å². The van der Waals surface area contributed by atoms with Crippen molar-refractivity contribution in [3.63, 3.8) is 0 Å². The Bertz CT molecular complexity index is 1790. The molecule has 1 heterocycles. The Morgan fingerprint density at radius 3 is 2.58 bits per heavy atom. The number of nitrogens with two attached hydrogens (primary N) is 1. The molecular weight excluding hydrogens is 634 g/mol. The van der Waals surface area contributed by atoms with Crippen LogP contribution in [0.4, 0.5) is 4.39 Å². The summed E-state index contributed by atoms with van der Waals surface area (Å²) < 4.78 is 20.4. The molecular formula is C34H31Cl2FN4O3S. The van der Waals surface area contributed by atoms with Crippen molar-refractivity contribution in [2.75, 3.05) is 0 Å². The Labute approximate surface area is 276 Å². The number of hydrogen-bond donors (Lipinski definition) is 3. The molecule has 1 atom stereocenters. The van der Waals surface area contributed by atoms with Crippen molar-refractivity contribution in [2.24, 2.45) is 5.73 Å². The average molecular weight is 666 g/mol. The molecule has 0 aliphatic carbocycles. The summed E-state index contributed by atoms with van der Waals surface area (Å²) in [5, 5.41) is 8.67. The maximum atomic E-state index is 14.1. The van der Waals surface area contributed by atoms with Gasteiger partial charge in [-0.2, -0.15) is 0 Å². The minimum atomic E-state index is -0.721. The third-order valence-electron chi connectivity index (χ3n) is 7.00. The molecule has 0 spiro atoms. The first-order chi connectivity index (χ1) is 21.4. The minimum Gasteiger partial charge on any atom is -0.457 e. The fourth-order valence-corrected chi connectivity index (χ4v) is 5.49. The molecule has 0 aliphatic heterocycles. The fourth-order valence-electron chi connectivity index (χ4n) is 4.69. The molecule has 45 heavy (non-hydrogen) atoms. The largest absolute Gasteiger partial charge is 0.457 e. The lowest BCUT2D eigenvalue weighted by Gasteiger charge is -2.19. The van der Waals surface area contributed by atoms with Crippen LogP contribution in [0.15, 0.2) is 96.5 Å². The zero-order chi connectivity index (χ0) is 31.1. The SMILES string of the molecule is CCC(NCc1ccccc1F)C(=O)NC(=O)c1ccc(-c2nccs2)cc1-c1ccc(Cl)cc1Oc1cccc(CN)c1.Cl. The van der Waals surface area contributed by atoms with Gasteiger partial charge in [-0.3, -0.25) is 14.9 Å². The van der Waals surface area contributed by atoms with E-state index in [1.54, 1.807) is 60.8 Å². The van der Waals surface area contributed by atoms with E-state index in [1.807, 2.05) is 36.6 Å². The van der Waals surface area contributed by atoms with Crippen LogP contribution in [0.5, 0.6) is 11.5 Å². The van der Waals surface area contributed by atoms with Crippen LogP contribution < -0.4 is 21.1 Å². The summed E-state index contributed by atoms with van der Waals surface area (Å²) in [5.41, 5.74) is 9.31. The molecule has 1 unspecified atom stereocenters. The van der Waals surface area contributed by atoms with E-state index in [0.29, 0.717) is 46.2 Å². The molecule has 0 aliphatic rings. The van der Waals surface area contributed by atoms with Crippen molar-refractivity contribution >= 4 is 47.2 Å². The Morgan fingerprint density at radius 1 is 1.02 bits per heavy atom. The van der Waals surface area contributed by atoms with Gasteiger partial charge in [0.25, 0.3) is 5.91 Å². The molecule has 0 saturated carbocycles. The highest BCUT2D eigenvalue weighted by Crippen LogP contribution is 2.39. The van der Waals surface area contributed by atoms with Crippen LogP contribution in [0, 0.1) is 5.82 Å². The number of ether oxygens (including phenoxy) is 1. The lowest BCUT2D eigenvalue weighted by molar-refractivity contribution is -0.122. The van der Waals surface area contributed by atoms with E-state index in [1.165, 1.54) is 17.4 Å². The average Bonchev–Trinajstić information content (AvgIpc) is 3.57. The quantitative estimate of drug-likeness (QED) is 0.133.